The Kier molecular flexibility index (Phi) is 7.84. The molecule has 0 bridgehead atoms. The van der Waals surface area contributed by atoms with E-state index in [2.05, 4.69) is 24.0 Å². The third-order valence-corrected chi connectivity index (χ3v) is 5.06. The summed E-state index contributed by atoms with van der Waals surface area (Å²) in [5.41, 5.74) is 0.211. The van der Waals surface area contributed by atoms with Crippen LogP contribution in [0.15, 0.2) is 23.2 Å². The molecule has 0 saturated heterocycles. The summed E-state index contributed by atoms with van der Waals surface area (Å²) >= 11 is 0. The van der Waals surface area contributed by atoms with E-state index in [0.29, 0.717) is 12.2 Å². The van der Waals surface area contributed by atoms with E-state index >= 15 is 0 Å². The largest absolute Gasteiger partial charge is 0.351 e. The Labute approximate surface area is 131 Å². The van der Waals surface area contributed by atoms with Crippen LogP contribution in [0.1, 0.15) is 23.7 Å². The van der Waals surface area contributed by atoms with Gasteiger partial charge in [0, 0.05) is 24.1 Å². The van der Waals surface area contributed by atoms with E-state index in [-0.39, 0.29) is 11.3 Å². The van der Waals surface area contributed by atoms with Gasteiger partial charge in [0.1, 0.15) is 5.56 Å². The lowest BCUT2D eigenvalue weighted by molar-refractivity contribution is -0.385. The molecule has 0 atom stereocenters. The molecule has 0 aliphatic rings. The normalized spacial score (nSPS) is 10.1. The smallest absolute Gasteiger partial charge is 0.282 e. The topological polar surface area (TPSA) is 84.6 Å². The van der Waals surface area contributed by atoms with Gasteiger partial charge >= 0.3 is 0 Å². The lowest BCUT2D eigenvalue weighted by Gasteiger charge is -2.06. The fourth-order valence-corrected chi connectivity index (χ4v) is 3.51. The molecule has 0 unspecified atom stereocenters. The Morgan fingerprint density at radius 1 is 1.43 bits per heavy atom. The molecule has 0 spiro atoms. The summed E-state index contributed by atoms with van der Waals surface area (Å²) in [4.78, 5) is 26.1. The molecule has 0 aliphatic carbocycles. The van der Waals surface area contributed by atoms with Crippen LogP contribution in [0.4, 0.5) is 11.4 Å². The molecule has 1 rings (SSSR count). The van der Waals surface area contributed by atoms with E-state index in [4.69, 9.17) is 0 Å². The quantitative estimate of drug-likeness (QED) is 0.247. The van der Waals surface area contributed by atoms with E-state index in [1.165, 1.54) is 18.2 Å². The van der Waals surface area contributed by atoms with Gasteiger partial charge in [0.05, 0.1) is 10.6 Å². The number of hydrogen-bond donors (Lipinski definition) is 1. The number of carbonyl (C=O) groups excluding carboxylic acids is 1. The molecule has 0 fully saturated rings. The predicted octanol–water partition coefficient (Wildman–Crippen LogP) is 3.45. The Hall–Kier alpha value is -1.54. The maximum absolute atomic E-state index is 12.0. The van der Waals surface area contributed by atoms with E-state index in [9.17, 15) is 14.9 Å². The van der Waals surface area contributed by atoms with Crippen molar-refractivity contribution in [1.82, 2.24) is 5.32 Å². The highest BCUT2D eigenvalue weighted by molar-refractivity contribution is 8.76. The number of hydrogen-bond acceptors (Lipinski definition) is 6. The molecule has 1 N–H and O–H groups in total. The third-order valence-electron chi connectivity index (χ3n) is 2.45. The molecule has 6 nitrogen and oxygen atoms in total. The van der Waals surface area contributed by atoms with Crippen molar-refractivity contribution in [3.8, 4) is 0 Å². The number of nitrogens with one attached hydrogen (secondary N) is 1. The van der Waals surface area contributed by atoms with Crippen LogP contribution in [-0.2, 0) is 0 Å². The van der Waals surface area contributed by atoms with Gasteiger partial charge in [-0.3, -0.25) is 19.9 Å². The number of benzene rings is 1. The maximum Gasteiger partial charge on any atom is 0.282 e. The third kappa shape index (κ3) is 5.76. The van der Waals surface area contributed by atoms with Crippen LogP contribution in [0, 0.1) is 10.1 Å². The van der Waals surface area contributed by atoms with Crippen LogP contribution in [0.3, 0.4) is 0 Å². The first-order valence-electron chi connectivity index (χ1n) is 6.38. The second kappa shape index (κ2) is 9.41. The van der Waals surface area contributed by atoms with Gasteiger partial charge in [-0.2, -0.15) is 0 Å². The van der Waals surface area contributed by atoms with Crippen molar-refractivity contribution in [2.75, 3.05) is 18.1 Å². The molecular formula is C13H17N3O3S2. The highest BCUT2D eigenvalue weighted by Gasteiger charge is 2.20. The molecule has 21 heavy (non-hydrogen) atoms. The molecule has 114 valence electrons. The van der Waals surface area contributed by atoms with E-state index in [0.717, 1.165) is 17.9 Å². The van der Waals surface area contributed by atoms with Crippen LogP contribution in [0.5, 0.6) is 0 Å². The van der Waals surface area contributed by atoms with Gasteiger partial charge in [0.2, 0.25) is 0 Å². The van der Waals surface area contributed by atoms with Gasteiger partial charge in [-0.05, 0) is 25.3 Å². The van der Waals surface area contributed by atoms with E-state index < -0.39 is 10.8 Å². The summed E-state index contributed by atoms with van der Waals surface area (Å²) in [5.74, 6) is 1.36. The number of nitrogens with zero attached hydrogens (tertiary/aromatic N) is 2. The number of rotatable bonds is 9. The zero-order valence-corrected chi connectivity index (χ0v) is 13.3. The zero-order chi connectivity index (χ0) is 15.7. The van der Waals surface area contributed by atoms with Gasteiger partial charge in [0.15, 0.2) is 0 Å². The highest BCUT2D eigenvalue weighted by atomic mass is 33.1. The molecule has 0 radical (unpaired) electrons. The highest BCUT2D eigenvalue weighted by Crippen LogP contribution is 2.24. The monoisotopic (exact) mass is 327 g/mol. The van der Waals surface area contributed by atoms with Gasteiger partial charge < -0.3 is 5.32 Å². The molecule has 1 amide bonds. The van der Waals surface area contributed by atoms with Crippen LogP contribution < -0.4 is 5.32 Å². The van der Waals surface area contributed by atoms with E-state index in [1.807, 2.05) is 0 Å². The van der Waals surface area contributed by atoms with Crippen molar-refractivity contribution < 1.29 is 9.72 Å². The van der Waals surface area contributed by atoms with Crippen molar-refractivity contribution in [2.45, 2.75) is 13.3 Å². The fraction of sp³-hybridized carbons (Fsp3) is 0.385. The van der Waals surface area contributed by atoms with Gasteiger partial charge in [-0.25, -0.2) is 0 Å². The summed E-state index contributed by atoms with van der Waals surface area (Å²) in [6.45, 7) is 5.92. The minimum Gasteiger partial charge on any atom is -0.351 e. The van der Waals surface area contributed by atoms with Crippen LogP contribution in [-0.4, -0.2) is 35.6 Å². The predicted molar refractivity (Wildman–Crippen MR) is 89.8 cm³/mol. The average Bonchev–Trinajstić information content (AvgIpc) is 2.49. The van der Waals surface area contributed by atoms with E-state index in [1.54, 1.807) is 21.6 Å². The Morgan fingerprint density at radius 2 is 2.14 bits per heavy atom. The van der Waals surface area contributed by atoms with Crippen LogP contribution in [0.2, 0.25) is 0 Å². The second-order valence-corrected chi connectivity index (χ2v) is 6.72. The number of aliphatic imine (C=N–C) groups is 1. The number of carbonyl (C=O) groups is 1. The summed E-state index contributed by atoms with van der Waals surface area (Å²) in [6, 6.07) is 4.10. The first-order chi connectivity index (χ1) is 10.1. The first-order valence-corrected chi connectivity index (χ1v) is 8.86. The zero-order valence-electron chi connectivity index (χ0n) is 11.7. The maximum atomic E-state index is 12.0. The first kappa shape index (κ1) is 17.5. The lowest BCUT2D eigenvalue weighted by Crippen LogP contribution is -2.26. The Bertz CT molecular complexity index is 523. The van der Waals surface area contributed by atoms with Crippen LogP contribution in [0.25, 0.3) is 0 Å². The lowest BCUT2D eigenvalue weighted by atomic mass is 10.1. The summed E-state index contributed by atoms with van der Waals surface area (Å²) in [5, 5.41) is 13.6. The number of nitro groups is 1. The molecule has 8 heteroatoms. The van der Waals surface area contributed by atoms with Crippen molar-refractivity contribution in [3.63, 3.8) is 0 Å². The molecule has 0 saturated carbocycles. The van der Waals surface area contributed by atoms with Crippen molar-refractivity contribution in [3.05, 3.63) is 33.9 Å². The van der Waals surface area contributed by atoms with Crippen molar-refractivity contribution in [1.29, 1.82) is 0 Å². The van der Waals surface area contributed by atoms with Crippen molar-refractivity contribution in [2.24, 2.45) is 4.99 Å². The minimum atomic E-state index is -0.576. The molecule has 1 aromatic rings. The standard InChI is InChI=1S/C13H17N3O3S2/c1-3-7-20-21-8-6-15-13(17)11-9-10(14-2)4-5-12(11)16(18)19/h4-5,9H,2-3,6-8H2,1H3,(H,15,17). The number of nitro benzene ring substituents is 1. The molecule has 1 aromatic carbocycles. The van der Waals surface area contributed by atoms with Gasteiger partial charge in [0.25, 0.3) is 11.6 Å². The molecule has 0 aromatic heterocycles. The minimum absolute atomic E-state index is 0.0103. The Morgan fingerprint density at radius 3 is 2.76 bits per heavy atom. The average molecular weight is 327 g/mol. The second-order valence-electron chi connectivity index (χ2n) is 4.02. The molecule has 0 heterocycles. The molecule has 0 aliphatic heterocycles. The van der Waals surface area contributed by atoms with Crippen LogP contribution >= 0.6 is 21.6 Å². The SMILES string of the molecule is C=Nc1ccc([N+](=O)[O-])c(C(=O)NCCSSCCC)c1. The fourth-order valence-electron chi connectivity index (χ4n) is 1.47. The summed E-state index contributed by atoms with van der Waals surface area (Å²) in [6.07, 6.45) is 1.11. The summed E-state index contributed by atoms with van der Waals surface area (Å²) in [7, 11) is 3.42. The summed E-state index contributed by atoms with van der Waals surface area (Å²) < 4.78 is 0. The van der Waals surface area contributed by atoms with Crippen molar-refractivity contribution >= 4 is 45.6 Å². The van der Waals surface area contributed by atoms with Gasteiger partial charge in [-0.15, -0.1) is 0 Å². The van der Waals surface area contributed by atoms with Gasteiger partial charge in [-0.1, -0.05) is 28.5 Å². The molecular weight excluding hydrogens is 310 g/mol. The Balaban J connectivity index is 2.63. The number of amides is 1.